The fourth-order valence-electron chi connectivity index (χ4n) is 3.02. The summed E-state index contributed by atoms with van der Waals surface area (Å²) in [6.07, 6.45) is 0. The van der Waals surface area contributed by atoms with Gasteiger partial charge in [0.15, 0.2) is 0 Å². The van der Waals surface area contributed by atoms with Crippen molar-refractivity contribution in [3.05, 3.63) is 87.0 Å². The van der Waals surface area contributed by atoms with Crippen LogP contribution >= 0.6 is 22.9 Å². The number of halogens is 2. The van der Waals surface area contributed by atoms with Gasteiger partial charge < -0.3 is 5.32 Å². The van der Waals surface area contributed by atoms with E-state index >= 15 is 0 Å². The minimum atomic E-state index is -0.543. The second-order valence-electron chi connectivity index (χ2n) is 6.19. The van der Waals surface area contributed by atoms with Gasteiger partial charge in [0.2, 0.25) is 0 Å². The Labute approximate surface area is 169 Å². The summed E-state index contributed by atoms with van der Waals surface area (Å²) in [5.74, 6) is -1.57. The van der Waals surface area contributed by atoms with Crippen LogP contribution in [0.5, 0.6) is 0 Å². The lowest BCUT2D eigenvalue weighted by Gasteiger charge is -2.16. The first-order valence-electron chi connectivity index (χ1n) is 8.42. The maximum atomic E-state index is 13.7. The quantitative estimate of drug-likeness (QED) is 0.596. The Balaban J connectivity index is 1.83. The summed E-state index contributed by atoms with van der Waals surface area (Å²) in [5.41, 5.74) is 1.96. The molecule has 28 heavy (non-hydrogen) atoms. The molecule has 7 heteroatoms. The van der Waals surface area contributed by atoms with Crippen LogP contribution in [0, 0.1) is 12.7 Å². The zero-order valence-corrected chi connectivity index (χ0v) is 16.3. The Morgan fingerprint density at radius 3 is 2.54 bits per heavy atom. The summed E-state index contributed by atoms with van der Waals surface area (Å²) in [5, 5.41) is 5.45. The van der Waals surface area contributed by atoms with Crippen molar-refractivity contribution < 1.29 is 14.0 Å². The van der Waals surface area contributed by atoms with Gasteiger partial charge in [0.25, 0.3) is 11.8 Å². The molecule has 3 aromatic rings. The van der Waals surface area contributed by atoms with E-state index in [1.807, 2.05) is 12.3 Å². The molecule has 0 aliphatic carbocycles. The SMILES string of the molecule is Cc1c(Cl)cccc1NC1=C(c2cccs2)C(=O)N(c2cccc(F)c2)C1=O. The van der Waals surface area contributed by atoms with E-state index in [1.165, 1.54) is 29.5 Å². The highest BCUT2D eigenvalue weighted by Gasteiger charge is 2.41. The second-order valence-corrected chi connectivity index (χ2v) is 7.55. The largest absolute Gasteiger partial charge is 0.350 e. The van der Waals surface area contributed by atoms with Gasteiger partial charge in [-0.1, -0.05) is 29.8 Å². The van der Waals surface area contributed by atoms with E-state index in [0.29, 0.717) is 15.6 Å². The molecule has 0 saturated heterocycles. The first-order chi connectivity index (χ1) is 13.5. The number of rotatable bonds is 4. The van der Waals surface area contributed by atoms with Crippen molar-refractivity contribution in [1.82, 2.24) is 0 Å². The molecule has 0 atom stereocenters. The summed E-state index contributed by atoms with van der Waals surface area (Å²) >= 11 is 7.53. The number of nitrogens with zero attached hydrogens (tertiary/aromatic N) is 1. The number of benzene rings is 2. The van der Waals surface area contributed by atoms with Crippen LogP contribution in [-0.4, -0.2) is 11.8 Å². The van der Waals surface area contributed by atoms with Crippen LogP contribution < -0.4 is 10.2 Å². The highest BCUT2D eigenvalue weighted by Crippen LogP contribution is 2.36. The van der Waals surface area contributed by atoms with Gasteiger partial charge >= 0.3 is 0 Å². The van der Waals surface area contributed by atoms with Gasteiger partial charge in [-0.2, -0.15) is 0 Å². The second kappa shape index (κ2) is 7.22. The Hall–Kier alpha value is -2.96. The van der Waals surface area contributed by atoms with E-state index in [-0.39, 0.29) is 17.0 Å². The van der Waals surface area contributed by atoms with Crippen molar-refractivity contribution in [3.8, 4) is 0 Å². The number of amides is 2. The maximum Gasteiger partial charge on any atom is 0.282 e. The van der Waals surface area contributed by atoms with Crippen LogP contribution in [0.4, 0.5) is 15.8 Å². The zero-order chi connectivity index (χ0) is 19.8. The summed E-state index contributed by atoms with van der Waals surface area (Å²) in [6.45, 7) is 1.82. The Morgan fingerprint density at radius 1 is 1.04 bits per heavy atom. The molecule has 0 unspecified atom stereocenters. The molecular weight excluding hydrogens is 399 g/mol. The lowest BCUT2D eigenvalue weighted by molar-refractivity contribution is -0.120. The first-order valence-corrected chi connectivity index (χ1v) is 9.68. The third-order valence-electron chi connectivity index (χ3n) is 4.45. The van der Waals surface area contributed by atoms with Crippen LogP contribution in [0.3, 0.4) is 0 Å². The van der Waals surface area contributed by atoms with Crippen LogP contribution in [-0.2, 0) is 9.59 Å². The Morgan fingerprint density at radius 2 is 1.82 bits per heavy atom. The molecule has 0 radical (unpaired) electrons. The van der Waals surface area contributed by atoms with E-state index in [0.717, 1.165) is 16.5 Å². The number of anilines is 2. The minimum Gasteiger partial charge on any atom is -0.350 e. The predicted molar refractivity (Wildman–Crippen MR) is 110 cm³/mol. The van der Waals surface area contributed by atoms with Crippen molar-refractivity contribution in [2.45, 2.75) is 6.92 Å². The van der Waals surface area contributed by atoms with Gasteiger partial charge in [-0.15, -0.1) is 11.3 Å². The molecule has 2 aromatic carbocycles. The molecule has 4 nitrogen and oxygen atoms in total. The molecular formula is C21H14ClFN2O2S. The normalized spacial score (nSPS) is 14.2. The molecule has 1 N–H and O–H groups in total. The van der Waals surface area contributed by atoms with E-state index in [1.54, 1.807) is 30.3 Å². The van der Waals surface area contributed by atoms with Crippen molar-refractivity contribution in [2.24, 2.45) is 0 Å². The molecule has 2 heterocycles. The van der Waals surface area contributed by atoms with Crippen molar-refractivity contribution in [1.29, 1.82) is 0 Å². The number of nitrogens with one attached hydrogen (secondary N) is 1. The predicted octanol–water partition coefficient (Wildman–Crippen LogP) is 5.25. The summed E-state index contributed by atoms with van der Waals surface area (Å²) in [6, 6.07) is 14.3. The highest BCUT2D eigenvalue weighted by molar-refractivity contribution is 7.11. The van der Waals surface area contributed by atoms with E-state index < -0.39 is 17.6 Å². The standard InChI is InChI=1S/C21H14ClFN2O2S/c1-12-15(22)7-3-8-16(12)24-19-18(17-9-4-10-28-17)20(26)25(21(19)27)14-6-2-5-13(23)11-14/h2-11,24H,1H3. The van der Waals surface area contributed by atoms with Gasteiger partial charge in [0.05, 0.1) is 11.3 Å². The van der Waals surface area contributed by atoms with Crippen molar-refractivity contribution >= 4 is 51.7 Å². The topological polar surface area (TPSA) is 49.4 Å². The molecule has 0 fully saturated rings. The Bertz CT molecular complexity index is 1130. The number of imide groups is 1. The molecule has 0 saturated carbocycles. The van der Waals surface area contributed by atoms with E-state index in [9.17, 15) is 14.0 Å². The highest BCUT2D eigenvalue weighted by atomic mass is 35.5. The van der Waals surface area contributed by atoms with Crippen molar-refractivity contribution in [2.75, 3.05) is 10.2 Å². The van der Waals surface area contributed by atoms with E-state index in [2.05, 4.69) is 5.32 Å². The van der Waals surface area contributed by atoms with Gasteiger partial charge in [0, 0.05) is 15.6 Å². The number of hydrogen-bond acceptors (Lipinski definition) is 4. The maximum absolute atomic E-state index is 13.7. The number of carbonyl (C=O) groups excluding carboxylic acids is 2. The summed E-state index contributed by atoms with van der Waals surface area (Å²) in [4.78, 5) is 28.0. The lowest BCUT2D eigenvalue weighted by Crippen LogP contribution is -2.32. The van der Waals surface area contributed by atoms with Crippen LogP contribution in [0.25, 0.3) is 5.57 Å². The molecule has 4 rings (SSSR count). The average molecular weight is 413 g/mol. The van der Waals surface area contributed by atoms with Gasteiger partial charge in [0.1, 0.15) is 11.5 Å². The van der Waals surface area contributed by atoms with Crippen LogP contribution in [0.1, 0.15) is 10.4 Å². The number of carbonyl (C=O) groups is 2. The molecule has 1 aliphatic heterocycles. The molecule has 1 aliphatic rings. The van der Waals surface area contributed by atoms with Gasteiger partial charge in [-0.3, -0.25) is 9.59 Å². The fourth-order valence-corrected chi connectivity index (χ4v) is 3.96. The number of hydrogen-bond donors (Lipinski definition) is 1. The Kier molecular flexibility index (Phi) is 4.75. The average Bonchev–Trinajstić information content (AvgIpc) is 3.26. The summed E-state index contributed by atoms with van der Waals surface area (Å²) < 4.78 is 13.7. The van der Waals surface area contributed by atoms with Gasteiger partial charge in [-0.25, -0.2) is 9.29 Å². The third kappa shape index (κ3) is 3.10. The van der Waals surface area contributed by atoms with Gasteiger partial charge in [-0.05, 0) is 54.3 Å². The number of thiophene rings is 1. The fraction of sp³-hybridized carbons (Fsp3) is 0.0476. The molecule has 1 aromatic heterocycles. The first kappa shape index (κ1) is 18.4. The lowest BCUT2D eigenvalue weighted by atomic mass is 10.1. The van der Waals surface area contributed by atoms with Crippen LogP contribution in [0.15, 0.2) is 65.7 Å². The third-order valence-corrected chi connectivity index (χ3v) is 5.74. The van der Waals surface area contributed by atoms with Crippen LogP contribution in [0.2, 0.25) is 5.02 Å². The van der Waals surface area contributed by atoms with Crippen molar-refractivity contribution in [3.63, 3.8) is 0 Å². The smallest absolute Gasteiger partial charge is 0.282 e. The molecule has 0 spiro atoms. The van der Waals surface area contributed by atoms with E-state index in [4.69, 9.17) is 11.6 Å². The monoisotopic (exact) mass is 412 g/mol. The zero-order valence-electron chi connectivity index (χ0n) is 14.7. The minimum absolute atomic E-state index is 0.141. The molecule has 0 bridgehead atoms. The molecule has 2 amide bonds. The molecule has 140 valence electrons. The summed E-state index contributed by atoms with van der Waals surface area (Å²) in [7, 11) is 0.